The van der Waals surface area contributed by atoms with Gasteiger partial charge in [0.05, 0.1) is 16.3 Å². The number of aromatic nitrogens is 1. The van der Waals surface area contributed by atoms with E-state index < -0.39 is 0 Å². The van der Waals surface area contributed by atoms with Gasteiger partial charge < -0.3 is 0 Å². The average molecular weight is 278 g/mol. The zero-order valence-electron chi connectivity index (χ0n) is 11.5. The van der Waals surface area contributed by atoms with Gasteiger partial charge in [0.2, 0.25) is 11.2 Å². The van der Waals surface area contributed by atoms with E-state index in [-0.39, 0.29) is 0 Å². The lowest BCUT2D eigenvalue weighted by molar-refractivity contribution is -0.657. The fourth-order valence-corrected chi connectivity index (χ4v) is 4.02. The first-order valence-corrected chi connectivity index (χ1v) is 7.98. The minimum atomic E-state index is 1.07. The molecule has 0 aromatic heterocycles. The van der Waals surface area contributed by atoms with Crippen molar-refractivity contribution in [1.82, 2.24) is 0 Å². The van der Waals surface area contributed by atoms with Gasteiger partial charge in [-0.1, -0.05) is 31.2 Å². The Bertz CT molecular complexity index is 875. The third-order valence-electron chi connectivity index (χ3n) is 3.90. The molecule has 2 aromatic carbocycles. The van der Waals surface area contributed by atoms with Gasteiger partial charge >= 0.3 is 0 Å². The lowest BCUT2D eigenvalue weighted by atomic mass is 10.1. The summed E-state index contributed by atoms with van der Waals surface area (Å²) in [6, 6.07) is 17.5. The molecule has 0 fully saturated rings. The molecule has 0 N–H and O–H groups in total. The highest BCUT2D eigenvalue weighted by Crippen LogP contribution is 2.37. The van der Waals surface area contributed by atoms with E-state index in [4.69, 9.17) is 0 Å². The predicted molar refractivity (Wildman–Crippen MR) is 86.4 cm³/mol. The van der Waals surface area contributed by atoms with Crippen molar-refractivity contribution in [3.05, 3.63) is 53.9 Å². The number of nitrogens with zero attached hydrogens (tertiary/aromatic N) is 1. The molecule has 4 rings (SSSR count). The standard InChI is InChI=1S/C18H16NS/c1-2-11-19-16-9-5-3-7-13(16)15-12-20-17-10-6-4-8-14(17)18(15)19/h3-10,12H,2,11H2,1H3/q+1. The van der Waals surface area contributed by atoms with Crippen molar-refractivity contribution in [3.63, 3.8) is 0 Å². The maximum atomic E-state index is 2.49. The second kappa shape index (κ2) is 4.57. The van der Waals surface area contributed by atoms with Crippen LogP contribution in [-0.4, -0.2) is 0 Å². The fourth-order valence-electron chi connectivity index (χ4n) is 3.08. The molecular formula is C18H16NS+. The molecule has 2 aliphatic rings. The highest BCUT2D eigenvalue weighted by Gasteiger charge is 2.27. The minimum absolute atomic E-state index is 1.07. The maximum absolute atomic E-state index is 2.49. The third-order valence-corrected chi connectivity index (χ3v) is 4.87. The van der Waals surface area contributed by atoms with Crippen molar-refractivity contribution in [3.8, 4) is 11.3 Å². The average Bonchev–Trinajstić information content (AvgIpc) is 2.83. The largest absolute Gasteiger partial charge is 0.223 e. The summed E-state index contributed by atoms with van der Waals surface area (Å²) in [5.41, 5.74) is 4.13. The zero-order valence-corrected chi connectivity index (χ0v) is 12.3. The van der Waals surface area contributed by atoms with Crippen LogP contribution in [0.25, 0.3) is 32.2 Å². The first-order chi connectivity index (χ1) is 9.90. The van der Waals surface area contributed by atoms with E-state index in [0.29, 0.717) is 0 Å². The minimum Gasteiger partial charge on any atom is -0.191 e. The van der Waals surface area contributed by atoms with Crippen molar-refractivity contribution >= 4 is 32.3 Å². The number of hydrogen-bond acceptors (Lipinski definition) is 1. The normalized spacial score (nSPS) is 11.7. The summed E-state index contributed by atoms with van der Waals surface area (Å²) in [4.78, 5) is 0. The highest BCUT2D eigenvalue weighted by atomic mass is 32.1. The second-order valence-electron chi connectivity index (χ2n) is 5.16. The van der Waals surface area contributed by atoms with Crippen LogP contribution in [0.5, 0.6) is 0 Å². The van der Waals surface area contributed by atoms with Gasteiger partial charge in [0.15, 0.2) is 0 Å². The van der Waals surface area contributed by atoms with Crippen LogP contribution in [0.3, 0.4) is 0 Å². The van der Waals surface area contributed by atoms with Crippen LogP contribution in [0.1, 0.15) is 13.3 Å². The second-order valence-corrected chi connectivity index (χ2v) is 6.07. The smallest absolute Gasteiger partial charge is 0.191 e. The SMILES string of the molecule is CCC[n+]1c2c3ccccc3scc-2c2ccccc21. The molecule has 0 bridgehead atoms. The van der Waals surface area contributed by atoms with E-state index in [1.165, 1.54) is 32.2 Å². The van der Waals surface area contributed by atoms with Gasteiger partial charge in [-0.3, -0.25) is 0 Å². The van der Waals surface area contributed by atoms with Gasteiger partial charge in [-0.25, -0.2) is 0 Å². The van der Waals surface area contributed by atoms with Gasteiger partial charge in [0.25, 0.3) is 0 Å². The van der Waals surface area contributed by atoms with E-state index in [1.54, 1.807) is 0 Å². The van der Waals surface area contributed by atoms with Crippen molar-refractivity contribution in [2.75, 3.05) is 0 Å². The number of fused-ring (bicyclic) bond motifs is 5. The van der Waals surface area contributed by atoms with Crippen LogP contribution in [0.15, 0.2) is 53.9 Å². The molecule has 2 heteroatoms. The summed E-state index contributed by atoms with van der Waals surface area (Å²) in [7, 11) is 0. The van der Waals surface area contributed by atoms with E-state index in [1.807, 2.05) is 11.3 Å². The number of para-hydroxylation sites is 1. The van der Waals surface area contributed by atoms with Crippen LogP contribution in [0.2, 0.25) is 0 Å². The number of aryl methyl sites for hydroxylation is 1. The van der Waals surface area contributed by atoms with Crippen molar-refractivity contribution in [1.29, 1.82) is 0 Å². The third kappa shape index (κ3) is 1.58. The lowest BCUT2D eigenvalue weighted by Crippen LogP contribution is -2.33. The van der Waals surface area contributed by atoms with E-state index in [2.05, 4.69) is 65.4 Å². The molecule has 0 amide bonds. The molecule has 2 heterocycles. The lowest BCUT2D eigenvalue weighted by Gasteiger charge is -2.02. The Kier molecular flexibility index (Phi) is 2.71. The zero-order chi connectivity index (χ0) is 13.5. The van der Waals surface area contributed by atoms with Crippen LogP contribution >= 0.6 is 11.3 Å². The van der Waals surface area contributed by atoms with Crippen LogP contribution in [0, 0.1) is 0 Å². The summed E-state index contributed by atoms with van der Waals surface area (Å²) in [6.45, 7) is 3.32. The Labute approximate surface area is 122 Å². The van der Waals surface area contributed by atoms with E-state index in [9.17, 15) is 0 Å². The summed E-state index contributed by atoms with van der Waals surface area (Å²) >= 11 is 1.84. The molecule has 2 aliphatic heterocycles. The molecule has 1 nitrogen and oxygen atoms in total. The highest BCUT2D eigenvalue weighted by molar-refractivity contribution is 7.17. The number of rotatable bonds is 2. The van der Waals surface area contributed by atoms with Crippen LogP contribution < -0.4 is 4.57 Å². The maximum Gasteiger partial charge on any atom is 0.223 e. The van der Waals surface area contributed by atoms with Gasteiger partial charge in [0, 0.05) is 22.6 Å². The molecule has 0 radical (unpaired) electrons. The van der Waals surface area contributed by atoms with Gasteiger partial charge in [-0.05, 0) is 18.2 Å². The van der Waals surface area contributed by atoms with E-state index >= 15 is 0 Å². The van der Waals surface area contributed by atoms with Crippen LogP contribution in [0.4, 0.5) is 0 Å². The molecule has 2 aromatic rings. The summed E-state index contributed by atoms with van der Waals surface area (Å²) in [5, 5.41) is 5.06. The van der Waals surface area contributed by atoms with Crippen molar-refractivity contribution in [2.24, 2.45) is 0 Å². The summed E-state index contributed by atoms with van der Waals surface area (Å²) < 4.78 is 3.85. The Morgan fingerprint density at radius 2 is 1.70 bits per heavy atom. The number of hydrogen-bond donors (Lipinski definition) is 0. The van der Waals surface area contributed by atoms with Gasteiger partial charge in [-0.2, -0.15) is 4.57 Å². The van der Waals surface area contributed by atoms with Crippen LogP contribution in [-0.2, 0) is 6.54 Å². The Balaban J connectivity index is 2.24. The molecule has 98 valence electrons. The van der Waals surface area contributed by atoms with Crippen molar-refractivity contribution in [2.45, 2.75) is 19.9 Å². The summed E-state index contributed by atoms with van der Waals surface area (Å²) in [5.74, 6) is 0. The van der Waals surface area contributed by atoms with Gasteiger partial charge in [0.1, 0.15) is 6.54 Å². The first-order valence-electron chi connectivity index (χ1n) is 7.10. The fraction of sp³-hybridized carbons (Fsp3) is 0.167. The molecule has 0 atom stereocenters. The Morgan fingerprint density at radius 3 is 2.55 bits per heavy atom. The summed E-state index contributed by atoms with van der Waals surface area (Å²) in [6.07, 6.45) is 1.15. The molecular weight excluding hydrogens is 262 g/mol. The quantitative estimate of drug-likeness (QED) is 0.461. The van der Waals surface area contributed by atoms with E-state index in [0.717, 1.165) is 13.0 Å². The van der Waals surface area contributed by atoms with Crippen molar-refractivity contribution < 1.29 is 4.57 Å². The molecule has 0 saturated heterocycles. The molecule has 0 unspecified atom stereocenters. The molecule has 20 heavy (non-hydrogen) atoms. The topological polar surface area (TPSA) is 3.88 Å². The number of benzene rings is 2. The van der Waals surface area contributed by atoms with Gasteiger partial charge in [-0.15, -0.1) is 11.3 Å². The molecule has 0 aliphatic carbocycles. The monoisotopic (exact) mass is 278 g/mol. The Morgan fingerprint density at radius 1 is 0.950 bits per heavy atom. The molecule has 0 spiro atoms. The Hall–Kier alpha value is -1.93. The first kappa shape index (κ1) is 11.9. The predicted octanol–water partition coefficient (Wildman–Crippen LogP) is 4.86. The molecule has 0 saturated carbocycles.